The Labute approximate surface area is 192 Å². The lowest BCUT2D eigenvalue weighted by Gasteiger charge is -2.25. The molecule has 0 N–H and O–H groups in total. The Hall–Kier alpha value is -2.89. The van der Waals surface area contributed by atoms with E-state index in [1.165, 1.54) is 0 Å². The van der Waals surface area contributed by atoms with Crippen LogP contribution in [0.4, 0.5) is 0 Å². The molecule has 1 aliphatic rings. The average Bonchev–Trinajstić information content (AvgIpc) is 3.05. The SMILES string of the molecule is O=C1c2oc3ccc(Cl)cc3c(=O)c2C(c2cccc(Br)c2)N1CCc1ccccc1. The molecule has 4 aromatic rings. The summed E-state index contributed by atoms with van der Waals surface area (Å²) in [4.78, 5) is 28.6. The van der Waals surface area contributed by atoms with Gasteiger partial charge in [0.25, 0.3) is 5.91 Å². The highest BCUT2D eigenvalue weighted by Crippen LogP contribution is 2.39. The van der Waals surface area contributed by atoms with Crippen LogP contribution in [0.25, 0.3) is 11.0 Å². The van der Waals surface area contributed by atoms with Crippen molar-refractivity contribution < 1.29 is 9.21 Å². The summed E-state index contributed by atoms with van der Waals surface area (Å²) in [5.74, 6) is -0.164. The fraction of sp³-hybridized carbons (Fsp3) is 0.120. The van der Waals surface area contributed by atoms with Gasteiger partial charge in [0.15, 0.2) is 5.43 Å². The number of hydrogen-bond donors (Lipinski definition) is 0. The van der Waals surface area contributed by atoms with Crippen LogP contribution in [0.3, 0.4) is 0 Å². The minimum absolute atomic E-state index is 0.109. The molecule has 0 saturated carbocycles. The van der Waals surface area contributed by atoms with E-state index in [1.54, 1.807) is 23.1 Å². The molecule has 1 amide bonds. The van der Waals surface area contributed by atoms with Gasteiger partial charge in [-0.25, -0.2) is 0 Å². The van der Waals surface area contributed by atoms with E-state index in [4.69, 9.17) is 16.0 Å². The highest BCUT2D eigenvalue weighted by atomic mass is 79.9. The number of benzene rings is 3. The first kappa shape index (κ1) is 20.0. The Morgan fingerprint density at radius 3 is 2.55 bits per heavy atom. The second-order valence-corrected chi connectivity index (χ2v) is 8.86. The molecular weight excluding hydrogens is 478 g/mol. The average molecular weight is 495 g/mol. The molecule has 1 aromatic heterocycles. The molecule has 1 unspecified atom stereocenters. The van der Waals surface area contributed by atoms with Crippen molar-refractivity contribution in [2.75, 3.05) is 6.54 Å². The summed E-state index contributed by atoms with van der Waals surface area (Å²) in [5, 5.41) is 0.827. The van der Waals surface area contributed by atoms with Gasteiger partial charge in [-0.1, -0.05) is 70.0 Å². The first-order valence-electron chi connectivity index (χ1n) is 9.89. The largest absolute Gasteiger partial charge is 0.450 e. The zero-order valence-electron chi connectivity index (χ0n) is 16.3. The van der Waals surface area contributed by atoms with Gasteiger partial charge in [-0.15, -0.1) is 0 Å². The molecule has 31 heavy (non-hydrogen) atoms. The Morgan fingerprint density at radius 1 is 0.968 bits per heavy atom. The topological polar surface area (TPSA) is 50.5 Å². The first-order chi connectivity index (χ1) is 15.0. The smallest absolute Gasteiger partial charge is 0.290 e. The van der Waals surface area contributed by atoms with E-state index < -0.39 is 6.04 Å². The van der Waals surface area contributed by atoms with Crippen molar-refractivity contribution in [2.24, 2.45) is 0 Å². The van der Waals surface area contributed by atoms with Crippen LogP contribution in [0.2, 0.25) is 5.02 Å². The molecule has 154 valence electrons. The molecule has 0 saturated heterocycles. The lowest BCUT2D eigenvalue weighted by molar-refractivity contribution is 0.0730. The number of halogens is 2. The van der Waals surface area contributed by atoms with Crippen molar-refractivity contribution in [2.45, 2.75) is 12.5 Å². The van der Waals surface area contributed by atoms with Crippen LogP contribution in [0, 0.1) is 0 Å². The maximum Gasteiger partial charge on any atom is 0.290 e. The van der Waals surface area contributed by atoms with Gasteiger partial charge >= 0.3 is 0 Å². The van der Waals surface area contributed by atoms with Gasteiger partial charge in [0.2, 0.25) is 5.76 Å². The lowest BCUT2D eigenvalue weighted by atomic mass is 9.98. The summed E-state index contributed by atoms with van der Waals surface area (Å²) in [6.07, 6.45) is 0.671. The molecular formula is C25H17BrClNO3. The van der Waals surface area contributed by atoms with Crippen molar-refractivity contribution in [1.82, 2.24) is 4.90 Å². The Balaban J connectivity index is 1.67. The molecule has 1 aliphatic heterocycles. The normalized spacial score (nSPS) is 15.5. The zero-order valence-corrected chi connectivity index (χ0v) is 18.7. The fourth-order valence-corrected chi connectivity index (χ4v) is 4.73. The molecule has 2 heterocycles. The highest BCUT2D eigenvalue weighted by molar-refractivity contribution is 9.10. The van der Waals surface area contributed by atoms with Crippen LogP contribution >= 0.6 is 27.5 Å². The number of hydrogen-bond acceptors (Lipinski definition) is 3. The second-order valence-electron chi connectivity index (χ2n) is 7.51. The van der Waals surface area contributed by atoms with Crippen LogP contribution in [-0.4, -0.2) is 17.4 Å². The van der Waals surface area contributed by atoms with Crippen molar-refractivity contribution in [1.29, 1.82) is 0 Å². The Bertz CT molecular complexity index is 1370. The van der Waals surface area contributed by atoms with Crippen LogP contribution in [-0.2, 0) is 6.42 Å². The second kappa shape index (κ2) is 7.98. The van der Waals surface area contributed by atoms with E-state index in [-0.39, 0.29) is 17.1 Å². The number of carbonyl (C=O) groups is 1. The van der Waals surface area contributed by atoms with E-state index in [2.05, 4.69) is 15.9 Å². The standard InChI is InChI=1S/C25H17BrClNO3/c26-17-8-4-7-16(13-17)22-21-23(29)19-14-18(27)9-10-20(19)31-24(21)25(30)28(22)12-11-15-5-2-1-3-6-15/h1-10,13-14,22H,11-12H2. The van der Waals surface area contributed by atoms with Gasteiger partial charge in [-0.2, -0.15) is 0 Å². The maximum atomic E-state index is 13.5. The molecule has 1 atom stereocenters. The summed E-state index contributed by atoms with van der Waals surface area (Å²) in [6.45, 7) is 0.459. The number of nitrogens with zero attached hydrogens (tertiary/aromatic N) is 1. The number of amides is 1. The van der Waals surface area contributed by atoms with E-state index in [9.17, 15) is 9.59 Å². The van der Waals surface area contributed by atoms with E-state index in [0.717, 1.165) is 15.6 Å². The van der Waals surface area contributed by atoms with Gasteiger partial charge in [0.05, 0.1) is 17.0 Å². The van der Waals surface area contributed by atoms with Gasteiger partial charge < -0.3 is 9.32 Å². The number of carbonyl (C=O) groups excluding carboxylic acids is 1. The predicted octanol–water partition coefficient (Wildman–Crippen LogP) is 6.00. The molecule has 0 aliphatic carbocycles. The maximum absolute atomic E-state index is 13.5. The van der Waals surface area contributed by atoms with Gasteiger partial charge in [0.1, 0.15) is 5.58 Å². The quantitative estimate of drug-likeness (QED) is 0.350. The molecule has 0 spiro atoms. The van der Waals surface area contributed by atoms with Crippen molar-refractivity contribution in [3.05, 3.63) is 115 Å². The van der Waals surface area contributed by atoms with Gasteiger partial charge in [0, 0.05) is 16.0 Å². The third-order valence-electron chi connectivity index (χ3n) is 5.58. The zero-order chi connectivity index (χ0) is 21.5. The molecule has 0 radical (unpaired) electrons. The van der Waals surface area contributed by atoms with Gasteiger partial charge in [-0.3, -0.25) is 9.59 Å². The number of rotatable bonds is 4. The summed E-state index contributed by atoms with van der Waals surface area (Å²) < 4.78 is 6.83. The monoisotopic (exact) mass is 493 g/mol. The molecule has 6 heteroatoms. The van der Waals surface area contributed by atoms with Crippen molar-refractivity contribution >= 4 is 44.4 Å². The Morgan fingerprint density at radius 2 is 1.77 bits per heavy atom. The first-order valence-corrected chi connectivity index (χ1v) is 11.1. The van der Waals surface area contributed by atoms with Crippen LogP contribution in [0.15, 0.2) is 86.5 Å². The van der Waals surface area contributed by atoms with E-state index in [0.29, 0.717) is 34.5 Å². The lowest BCUT2D eigenvalue weighted by Crippen LogP contribution is -2.31. The summed E-state index contributed by atoms with van der Waals surface area (Å²) in [6, 6.07) is 22.0. The molecule has 5 rings (SSSR count). The van der Waals surface area contributed by atoms with Crippen molar-refractivity contribution in [3.8, 4) is 0 Å². The van der Waals surface area contributed by atoms with Crippen molar-refractivity contribution in [3.63, 3.8) is 0 Å². The third-order valence-corrected chi connectivity index (χ3v) is 6.30. The van der Waals surface area contributed by atoms with Crippen LogP contribution in [0.1, 0.15) is 33.3 Å². The molecule has 0 bridgehead atoms. The molecule has 3 aromatic carbocycles. The minimum atomic E-state index is -0.525. The van der Waals surface area contributed by atoms with Crippen LogP contribution < -0.4 is 5.43 Å². The summed E-state index contributed by atoms with van der Waals surface area (Å²) in [5.41, 5.74) is 2.48. The summed E-state index contributed by atoms with van der Waals surface area (Å²) in [7, 11) is 0. The molecule has 0 fully saturated rings. The molecule has 4 nitrogen and oxygen atoms in total. The Kier molecular flexibility index (Phi) is 5.16. The van der Waals surface area contributed by atoms with E-state index in [1.807, 2.05) is 54.6 Å². The summed E-state index contributed by atoms with van der Waals surface area (Å²) >= 11 is 9.63. The third kappa shape index (κ3) is 3.58. The minimum Gasteiger partial charge on any atom is -0.450 e. The fourth-order valence-electron chi connectivity index (χ4n) is 4.14. The highest BCUT2D eigenvalue weighted by Gasteiger charge is 2.42. The van der Waals surface area contributed by atoms with Gasteiger partial charge in [-0.05, 0) is 47.9 Å². The van der Waals surface area contributed by atoms with E-state index >= 15 is 0 Å². The number of fused-ring (bicyclic) bond motifs is 2. The van der Waals surface area contributed by atoms with Crippen LogP contribution in [0.5, 0.6) is 0 Å². The predicted molar refractivity (Wildman–Crippen MR) is 125 cm³/mol.